The van der Waals surface area contributed by atoms with Gasteiger partial charge in [-0.2, -0.15) is 5.26 Å². The third kappa shape index (κ3) is 3.23. The lowest BCUT2D eigenvalue weighted by atomic mass is 10.00. The number of hydrogen-bond acceptors (Lipinski definition) is 9. The van der Waals surface area contributed by atoms with E-state index in [1.807, 2.05) is 0 Å². The van der Waals surface area contributed by atoms with E-state index in [0.29, 0.717) is 56.7 Å². The average molecular weight is 489 g/mol. The number of amides is 1. The number of carbonyl (C=O) groups is 1. The van der Waals surface area contributed by atoms with Crippen molar-refractivity contribution < 1.29 is 13.2 Å². The number of anilines is 4. The van der Waals surface area contributed by atoms with Crippen LogP contribution in [0.3, 0.4) is 0 Å². The average Bonchev–Trinajstić information content (AvgIpc) is 3.45. The number of primary sulfonamides is 1. The molecular weight excluding hydrogens is 468 g/mol. The molecule has 1 saturated heterocycles. The maximum Gasteiger partial charge on any atom is 0.238 e. The SMILES string of the molecule is CC1=Nc2nc(N3CCCC3)c(C#N)c3c4c(nc(c23)N1)N(c1ccc(S(N)(=O)=O)cc1)C(=O)C4. The van der Waals surface area contributed by atoms with Crippen LogP contribution in [0.15, 0.2) is 34.2 Å². The minimum absolute atomic E-state index is 0.0380. The summed E-state index contributed by atoms with van der Waals surface area (Å²) < 4.78 is 23.3. The molecule has 11 nitrogen and oxygen atoms in total. The maximum absolute atomic E-state index is 13.2. The topological polar surface area (TPSA) is 158 Å². The lowest BCUT2D eigenvalue weighted by Gasteiger charge is -2.24. The highest BCUT2D eigenvalue weighted by molar-refractivity contribution is 7.89. The second kappa shape index (κ2) is 7.46. The number of hydrogen-bond donors (Lipinski definition) is 2. The van der Waals surface area contributed by atoms with Crippen molar-refractivity contribution in [3.8, 4) is 6.07 Å². The van der Waals surface area contributed by atoms with Crippen molar-refractivity contribution >= 4 is 61.5 Å². The van der Waals surface area contributed by atoms with Crippen LogP contribution in [0.2, 0.25) is 0 Å². The van der Waals surface area contributed by atoms with Gasteiger partial charge in [0, 0.05) is 24.0 Å². The molecule has 12 heteroatoms. The van der Waals surface area contributed by atoms with Crippen molar-refractivity contribution in [2.75, 3.05) is 28.2 Å². The van der Waals surface area contributed by atoms with Crippen LogP contribution in [0, 0.1) is 11.3 Å². The zero-order valence-electron chi connectivity index (χ0n) is 18.7. The summed E-state index contributed by atoms with van der Waals surface area (Å²) in [7, 11) is -3.87. The van der Waals surface area contributed by atoms with Gasteiger partial charge in [-0.25, -0.2) is 28.5 Å². The number of aliphatic imine (C=N–C) groups is 1. The molecule has 1 fully saturated rings. The Hall–Kier alpha value is -4.08. The predicted octanol–water partition coefficient (Wildman–Crippen LogP) is 2.45. The molecule has 2 aromatic heterocycles. The Labute approximate surface area is 200 Å². The molecule has 0 bridgehead atoms. The van der Waals surface area contributed by atoms with Gasteiger partial charge < -0.3 is 10.2 Å². The Bertz CT molecular complexity index is 1620. The van der Waals surface area contributed by atoms with Gasteiger partial charge in [0.05, 0.1) is 22.4 Å². The van der Waals surface area contributed by atoms with Crippen molar-refractivity contribution in [3.05, 3.63) is 35.4 Å². The number of nitrogens with one attached hydrogen (secondary N) is 1. The van der Waals surface area contributed by atoms with Gasteiger partial charge in [0.1, 0.15) is 34.9 Å². The molecule has 0 unspecified atom stereocenters. The predicted molar refractivity (Wildman–Crippen MR) is 131 cm³/mol. The first-order chi connectivity index (χ1) is 16.8. The van der Waals surface area contributed by atoms with Gasteiger partial charge in [-0.3, -0.25) is 9.69 Å². The summed E-state index contributed by atoms with van der Waals surface area (Å²) in [4.78, 5) is 30.8. The molecule has 5 heterocycles. The molecule has 176 valence electrons. The lowest BCUT2D eigenvalue weighted by Crippen LogP contribution is -2.23. The number of aromatic nitrogens is 2. The number of fused-ring (bicyclic) bond motifs is 2. The molecule has 3 N–H and O–H groups in total. The summed E-state index contributed by atoms with van der Waals surface area (Å²) in [5, 5.41) is 19.8. The second-order valence-electron chi connectivity index (χ2n) is 8.72. The van der Waals surface area contributed by atoms with Crippen LogP contribution in [-0.2, 0) is 21.2 Å². The van der Waals surface area contributed by atoms with E-state index < -0.39 is 10.0 Å². The molecule has 1 amide bonds. The van der Waals surface area contributed by atoms with Crippen LogP contribution in [0.4, 0.5) is 29.0 Å². The number of nitriles is 1. The molecule has 35 heavy (non-hydrogen) atoms. The van der Waals surface area contributed by atoms with E-state index in [9.17, 15) is 18.5 Å². The normalized spacial score (nSPS) is 16.8. The van der Waals surface area contributed by atoms with E-state index in [2.05, 4.69) is 21.3 Å². The second-order valence-corrected chi connectivity index (χ2v) is 10.3. The first kappa shape index (κ1) is 21.5. The van der Waals surface area contributed by atoms with Gasteiger partial charge in [0.25, 0.3) is 0 Å². The molecule has 3 aliphatic rings. The minimum atomic E-state index is -3.87. The summed E-state index contributed by atoms with van der Waals surface area (Å²) in [6.07, 6.45) is 2.07. The first-order valence-electron chi connectivity index (χ1n) is 11.1. The van der Waals surface area contributed by atoms with Crippen LogP contribution < -0.4 is 20.3 Å². The highest BCUT2D eigenvalue weighted by Gasteiger charge is 2.37. The van der Waals surface area contributed by atoms with Gasteiger partial charge in [-0.1, -0.05) is 0 Å². The quantitative estimate of drug-likeness (QED) is 0.569. The molecule has 0 radical (unpaired) electrons. The number of rotatable bonds is 3. The summed E-state index contributed by atoms with van der Waals surface area (Å²) in [6.45, 7) is 3.40. The number of sulfonamides is 1. The lowest BCUT2D eigenvalue weighted by molar-refractivity contribution is -0.116. The van der Waals surface area contributed by atoms with E-state index >= 15 is 0 Å². The Kier molecular flexibility index (Phi) is 4.57. The largest absolute Gasteiger partial charge is 0.355 e. The standard InChI is InChI=1S/C23H20N8O3S/c1-12-26-20-19-18(16(11-24)22(28-20)30-8-2-3-9-30)15-10-17(32)31(23(15)29-21(19)27-12)13-4-6-14(7-5-13)35(25,33)34/h4-7H,2-3,8-10H2,1H3,(H2,25,33,34)(H,26,27,28,29). The molecule has 0 aliphatic carbocycles. The van der Waals surface area contributed by atoms with Crippen LogP contribution >= 0.6 is 0 Å². The van der Waals surface area contributed by atoms with E-state index in [-0.39, 0.29) is 17.2 Å². The van der Waals surface area contributed by atoms with Crippen molar-refractivity contribution in [1.29, 1.82) is 5.26 Å². The van der Waals surface area contributed by atoms with Gasteiger partial charge in [0.15, 0.2) is 5.82 Å². The van der Waals surface area contributed by atoms with Gasteiger partial charge in [0.2, 0.25) is 15.9 Å². The summed E-state index contributed by atoms with van der Waals surface area (Å²) in [5.74, 6) is 2.28. The van der Waals surface area contributed by atoms with Gasteiger partial charge in [-0.15, -0.1) is 0 Å². The minimum Gasteiger partial charge on any atom is -0.355 e. The Morgan fingerprint density at radius 3 is 2.46 bits per heavy atom. The van der Waals surface area contributed by atoms with Crippen LogP contribution in [0.1, 0.15) is 30.9 Å². The zero-order valence-corrected chi connectivity index (χ0v) is 19.6. The fourth-order valence-electron chi connectivity index (χ4n) is 4.97. The molecule has 0 saturated carbocycles. The van der Waals surface area contributed by atoms with Crippen LogP contribution in [0.5, 0.6) is 0 Å². The smallest absolute Gasteiger partial charge is 0.238 e. The van der Waals surface area contributed by atoms with Gasteiger partial charge in [-0.05, 0) is 44.0 Å². The third-order valence-corrected chi connectivity index (χ3v) is 7.42. The molecule has 3 aliphatic heterocycles. The zero-order chi connectivity index (χ0) is 24.5. The third-order valence-electron chi connectivity index (χ3n) is 6.49. The Balaban J connectivity index is 1.62. The summed E-state index contributed by atoms with van der Waals surface area (Å²) in [5.41, 5.74) is 1.48. The van der Waals surface area contributed by atoms with Crippen molar-refractivity contribution in [2.45, 2.75) is 31.1 Å². The van der Waals surface area contributed by atoms with E-state index in [0.717, 1.165) is 25.9 Å². The molecular formula is C23H20N8O3S. The summed E-state index contributed by atoms with van der Waals surface area (Å²) >= 11 is 0. The number of nitrogens with two attached hydrogens (primary N) is 1. The first-order valence-corrected chi connectivity index (χ1v) is 12.6. The summed E-state index contributed by atoms with van der Waals surface area (Å²) in [6, 6.07) is 8.07. The fraction of sp³-hybridized carbons (Fsp3) is 0.261. The number of amidine groups is 1. The van der Waals surface area contributed by atoms with Crippen molar-refractivity contribution in [2.24, 2.45) is 10.1 Å². The molecule has 1 aromatic carbocycles. The molecule has 0 spiro atoms. The highest BCUT2D eigenvalue weighted by Crippen LogP contribution is 2.47. The number of carbonyl (C=O) groups excluding carboxylic acids is 1. The number of nitrogens with zero attached hydrogens (tertiary/aromatic N) is 6. The molecule has 6 rings (SSSR count). The maximum atomic E-state index is 13.2. The monoisotopic (exact) mass is 488 g/mol. The van der Waals surface area contributed by atoms with E-state index in [1.165, 1.54) is 29.2 Å². The highest BCUT2D eigenvalue weighted by atomic mass is 32.2. The van der Waals surface area contributed by atoms with Crippen molar-refractivity contribution in [3.63, 3.8) is 0 Å². The Morgan fingerprint density at radius 1 is 1.09 bits per heavy atom. The van der Waals surface area contributed by atoms with E-state index in [1.54, 1.807) is 6.92 Å². The van der Waals surface area contributed by atoms with E-state index in [4.69, 9.17) is 15.1 Å². The van der Waals surface area contributed by atoms with Crippen LogP contribution in [-0.4, -0.2) is 43.2 Å². The Morgan fingerprint density at radius 2 is 1.80 bits per heavy atom. The van der Waals surface area contributed by atoms with Crippen LogP contribution in [0.25, 0.3) is 10.8 Å². The number of pyridine rings is 2. The molecule has 3 aromatic rings. The fourth-order valence-corrected chi connectivity index (χ4v) is 5.49. The van der Waals surface area contributed by atoms with Gasteiger partial charge >= 0.3 is 0 Å². The molecule has 0 atom stereocenters. The number of benzene rings is 1. The van der Waals surface area contributed by atoms with Crippen molar-refractivity contribution in [1.82, 2.24) is 9.97 Å².